The lowest BCUT2D eigenvalue weighted by molar-refractivity contribution is 0.627. The SMILES string of the molecule is O=S(=O)=C1C=CC2=c3ccccc3=CC2=C1. The monoisotopic (exact) mass is 228 g/mol. The van der Waals surface area contributed by atoms with Crippen molar-refractivity contribution in [2.24, 2.45) is 0 Å². The van der Waals surface area contributed by atoms with Gasteiger partial charge >= 0.3 is 0 Å². The average molecular weight is 228 g/mol. The summed E-state index contributed by atoms with van der Waals surface area (Å²) in [6, 6.07) is 8.05. The minimum Gasteiger partial charge on any atom is -0.184 e. The molecule has 0 spiro atoms. The molecule has 0 saturated carbocycles. The van der Waals surface area contributed by atoms with Crippen LogP contribution in [-0.4, -0.2) is 13.3 Å². The molecule has 3 heteroatoms. The number of benzene rings is 1. The second-order valence-electron chi connectivity index (χ2n) is 3.72. The molecule has 16 heavy (non-hydrogen) atoms. The molecule has 2 aliphatic carbocycles. The molecular formula is C13H8O2S. The number of hydrogen-bond donors (Lipinski definition) is 0. The summed E-state index contributed by atoms with van der Waals surface area (Å²) in [5, 5.41) is 2.31. The maximum absolute atomic E-state index is 10.9. The Morgan fingerprint density at radius 3 is 2.56 bits per heavy atom. The summed E-state index contributed by atoms with van der Waals surface area (Å²) in [7, 11) is -2.16. The van der Waals surface area contributed by atoms with E-state index in [1.807, 2.05) is 36.4 Å². The zero-order chi connectivity index (χ0) is 11.1. The van der Waals surface area contributed by atoms with Crippen molar-refractivity contribution in [3.8, 4) is 0 Å². The second-order valence-corrected chi connectivity index (χ2v) is 4.66. The molecule has 0 atom stereocenters. The number of hydrogen-bond acceptors (Lipinski definition) is 2. The van der Waals surface area contributed by atoms with Gasteiger partial charge in [0.2, 0.25) is 10.3 Å². The minimum absolute atomic E-state index is 0.336. The van der Waals surface area contributed by atoms with Crippen molar-refractivity contribution in [1.29, 1.82) is 0 Å². The largest absolute Gasteiger partial charge is 0.221 e. The zero-order valence-corrected chi connectivity index (χ0v) is 9.16. The predicted molar refractivity (Wildman–Crippen MR) is 64.7 cm³/mol. The first-order valence-corrected chi connectivity index (χ1v) is 6.01. The molecule has 1 aromatic rings. The highest BCUT2D eigenvalue weighted by atomic mass is 32.2. The number of allylic oxidation sites excluding steroid dienone is 4. The van der Waals surface area contributed by atoms with Gasteiger partial charge in [-0.1, -0.05) is 30.3 Å². The Labute approximate surface area is 94.1 Å². The van der Waals surface area contributed by atoms with Crippen LogP contribution in [-0.2, 0) is 10.3 Å². The third-order valence-electron chi connectivity index (χ3n) is 2.78. The van der Waals surface area contributed by atoms with Crippen molar-refractivity contribution in [3.05, 3.63) is 58.5 Å². The Bertz CT molecular complexity index is 783. The molecule has 2 aliphatic rings. The smallest absolute Gasteiger partial charge is 0.184 e. The van der Waals surface area contributed by atoms with E-state index in [2.05, 4.69) is 0 Å². The Kier molecular flexibility index (Phi) is 1.94. The molecule has 0 unspecified atom stereocenters. The lowest BCUT2D eigenvalue weighted by Crippen LogP contribution is -2.21. The predicted octanol–water partition coefficient (Wildman–Crippen LogP) is 0.179. The first-order chi connectivity index (χ1) is 7.75. The highest BCUT2D eigenvalue weighted by molar-refractivity contribution is 7.73. The Morgan fingerprint density at radius 2 is 1.75 bits per heavy atom. The molecule has 78 valence electrons. The first kappa shape index (κ1) is 9.36. The van der Waals surface area contributed by atoms with Crippen LogP contribution in [0.15, 0.2) is 48.1 Å². The summed E-state index contributed by atoms with van der Waals surface area (Å²) in [6.45, 7) is 0. The summed E-state index contributed by atoms with van der Waals surface area (Å²) < 4.78 is 21.7. The summed E-state index contributed by atoms with van der Waals surface area (Å²) in [6.07, 6.45) is 7.22. The highest BCUT2D eigenvalue weighted by Crippen LogP contribution is 2.19. The van der Waals surface area contributed by atoms with E-state index in [-0.39, 0.29) is 0 Å². The minimum atomic E-state index is -2.16. The second kappa shape index (κ2) is 3.32. The van der Waals surface area contributed by atoms with Gasteiger partial charge in [0.25, 0.3) is 0 Å². The van der Waals surface area contributed by atoms with Gasteiger partial charge in [0.05, 0.1) is 4.86 Å². The van der Waals surface area contributed by atoms with Gasteiger partial charge in [-0.3, -0.25) is 0 Å². The van der Waals surface area contributed by atoms with Crippen LogP contribution in [0.5, 0.6) is 0 Å². The molecule has 0 saturated heterocycles. The molecular weight excluding hydrogens is 220 g/mol. The normalized spacial score (nSPS) is 16.4. The molecule has 0 aromatic heterocycles. The first-order valence-electron chi connectivity index (χ1n) is 4.93. The van der Waals surface area contributed by atoms with E-state index in [1.165, 1.54) is 5.22 Å². The van der Waals surface area contributed by atoms with E-state index in [0.29, 0.717) is 4.86 Å². The number of rotatable bonds is 0. The van der Waals surface area contributed by atoms with Gasteiger partial charge in [0.15, 0.2) is 0 Å². The van der Waals surface area contributed by atoms with Gasteiger partial charge in [-0.25, -0.2) is 0 Å². The summed E-state index contributed by atoms with van der Waals surface area (Å²) in [5.41, 5.74) is 2.08. The van der Waals surface area contributed by atoms with Crippen LogP contribution in [0.1, 0.15) is 0 Å². The Balaban J connectivity index is 2.41. The van der Waals surface area contributed by atoms with Crippen molar-refractivity contribution in [2.75, 3.05) is 0 Å². The van der Waals surface area contributed by atoms with Gasteiger partial charge in [-0.2, -0.15) is 8.42 Å². The fourth-order valence-electron chi connectivity index (χ4n) is 2.04. The molecule has 0 fully saturated rings. The maximum atomic E-state index is 10.9. The quantitative estimate of drug-likeness (QED) is 0.594. The van der Waals surface area contributed by atoms with Crippen LogP contribution < -0.4 is 10.4 Å². The van der Waals surface area contributed by atoms with Gasteiger partial charge in [0, 0.05) is 0 Å². The highest BCUT2D eigenvalue weighted by Gasteiger charge is 2.12. The molecule has 1 aromatic carbocycles. The van der Waals surface area contributed by atoms with Crippen LogP contribution in [0, 0.1) is 0 Å². The lowest BCUT2D eigenvalue weighted by atomic mass is 10.0. The third-order valence-corrected chi connectivity index (χ3v) is 3.42. The van der Waals surface area contributed by atoms with Crippen LogP contribution in [0.2, 0.25) is 0 Å². The fraction of sp³-hybridized carbons (Fsp3) is 0. The van der Waals surface area contributed by atoms with Crippen molar-refractivity contribution in [1.82, 2.24) is 0 Å². The molecule has 3 rings (SSSR count). The molecule has 0 radical (unpaired) electrons. The zero-order valence-electron chi connectivity index (χ0n) is 8.34. The fourth-order valence-corrected chi connectivity index (χ4v) is 2.45. The number of fused-ring (bicyclic) bond motifs is 2. The van der Waals surface area contributed by atoms with Gasteiger partial charge in [0.1, 0.15) is 0 Å². The molecule has 0 aliphatic heterocycles. The summed E-state index contributed by atoms with van der Waals surface area (Å²) in [4.78, 5) is 0.336. The van der Waals surface area contributed by atoms with Crippen LogP contribution in [0.3, 0.4) is 0 Å². The van der Waals surface area contributed by atoms with Crippen molar-refractivity contribution in [2.45, 2.75) is 0 Å². The van der Waals surface area contributed by atoms with E-state index in [1.54, 1.807) is 12.2 Å². The van der Waals surface area contributed by atoms with E-state index >= 15 is 0 Å². The van der Waals surface area contributed by atoms with E-state index < -0.39 is 10.3 Å². The maximum Gasteiger partial charge on any atom is 0.221 e. The van der Waals surface area contributed by atoms with Gasteiger partial charge in [-0.15, -0.1) is 0 Å². The lowest BCUT2D eigenvalue weighted by Gasteiger charge is -2.03. The molecule has 2 nitrogen and oxygen atoms in total. The van der Waals surface area contributed by atoms with E-state index in [9.17, 15) is 8.42 Å². The van der Waals surface area contributed by atoms with E-state index in [4.69, 9.17) is 0 Å². The summed E-state index contributed by atoms with van der Waals surface area (Å²) in [5.74, 6) is 0. The Morgan fingerprint density at radius 1 is 0.938 bits per heavy atom. The third kappa shape index (κ3) is 1.29. The van der Waals surface area contributed by atoms with Crippen molar-refractivity contribution >= 4 is 26.8 Å². The van der Waals surface area contributed by atoms with Crippen LogP contribution >= 0.6 is 0 Å². The average Bonchev–Trinajstić information content (AvgIpc) is 2.66. The van der Waals surface area contributed by atoms with Crippen molar-refractivity contribution < 1.29 is 8.42 Å². The standard InChI is InChI=1S/C13H8O2S/c14-16(15)11-5-6-13-10(8-11)7-9-3-1-2-4-12(9)13/h1-8H. The molecule has 0 heterocycles. The van der Waals surface area contributed by atoms with Gasteiger partial charge in [-0.05, 0) is 39.8 Å². The van der Waals surface area contributed by atoms with E-state index in [0.717, 1.165) is 16.4 Å². The van der Waals surface area contributed by atoms with Crippen LogP contribution in [0.25, 0.3) is 11.6 Å². The Hall–Kier alpha value is -1.87. The van der Waals surface area contributed by atoms with Crippen LogP contribution in [0.4, 0.5) is 0 Å². The summed E-state index contributed by atoms with van der Waals surface area (Å²) >= 11 is 0. The topological polar surface area (TPSA) is 34.1 Å². The molecule has 0 N–H and O–H groups in total. The van der Waals surface area contributed by atoms with Gasteiger partial charge < -0.3 is 0 Å². The van der Waals surface area contributed by atoms with Crippen molar-refractivity contribution in [3.63, 3.8) is 0 Å². The molecule has 0 amide bonds. The molecule has 0 bridgehead atoms.